The van der Waals surface area contributed by atoms with Gasteiger partial charge in [0.1, 0.15) is 18.3 Å². The number of aliphatic hydroxyl groups is 1. The van der Waals surface area contributed by atoms with Gasteiger partial charge in [0.05, 0.1) is 18.8 Å². The minimum atomic E-state index is -0.800. The van der Waals surface area contributed by atoms with E-state index < -0.39 is 24.0 Å². The number of fused-ring (bicyclic) bond motifs is 1. The highest BCUT2D eigenvalue weighted by molar-refractivity contribution is 5.73. The van der Waals surface area contributed by atoms with Crippen molar-refractivity contribution in [2.75, 3.05) is 6.61 Å². The number of aliphatic hydroxyl groups excluding tert-OH is 1. The van der Waals surface area contributed by atoms with Gasteiger partial charge in [-0.2, -0.15) is 0 Å². The SMILES string of the molecule is CC(=O)NC1[C@H](C)OC2COC(C)(C)O[C@@H]2[C@@H]1O. The molecule has 5 atom stereocenters. The zero-order valence-corrected chi connectivity index (χ0v) is 11.2. The molecule has 0 aromatic rings. The van der Waals surface area contributed by atoms with Crippen LogP contribution in [0, 0.1) is 0 Å². The monoisotopic (exact) mass is 259 g/mol. The molecule has 104 valence electrons. The molecule has 0 saturated carbocycles. The summed E-state index contributed by atoms with van der Waals surface area (Å²) in [6.07, 6.45) is -1.86. The molecule has 1 amide bonds. The molecular formula is C12H21NO5. The smallest absolute Gasteiger partial charge is 0.217 e. The van der Waals surface area contributed by atoms with Gasteiger partial charge >= 0.3 is 0 Å². The summed E-state index contributed by atoms with van der Waals surface area (Å²) in [5.74, 6) is -0.938. The van der Waals surface area contributed by atoms with E-state index in [9.17, 15) is 9.90 Å². The predicted molar refractivity (Wildman–Crippen MR) is 62.9 cm³/mol. The predicted octanol–water partition coefficient (Wildman–Crippen LogP) is -0.209. The fraction of sp³-hybridized carbons (Fsp3) is 0.917. The number of ether oxygens (including phenoxy) is 3. The molecule has 2 aliphatic rings. The molecule has 2 saturated heterocycles. The van der Waals surface area contributed by atoms with Crippen LogP contribution in [0.2, 0.25) is 0 Å². The van der Waals surface area contributed by atoms with E-state index in [2.05, 4.69) is 5.32 Å². The minimum Gasteiger partial charge on any atom is -0.388 e. The number of carbonyl (C=O) groups excluding carboxylic acids is 1. The van der Waals surface area contributed by atoms with Gasteiger partial charge in [-0.3, -0.25) is 4.79 Å². The highest BCUT2D eigenvalue weighted by Crippen LogP contribution is 2.32. The number of hydrogen-bond donors (Lipinski definition) is 2. The first-order valence-electron chi connectivity index (χ1n) is 6.22. The topological polar surface area (TPSA) is 77.0 Å². The summed E-state index contributed by atoms with van der Waals surface area (Å²) in [6.45, 7) is 7.20. The van der Waals surface area contributed by atoms with Crippen molar-refractivity contribution in [2.24, 2.45) is 0 Å². The van der Waals surface area contributed by atoms with Gasteiger partial charge in [-0.1, -0.05) is 0 Å². The molecule has 2 aliphatic heterocycles. The Balaban J connectivity index is 2.12. The molecule has 6 heteroatoms. The molecule has 2 heterocycles. The summed E-state index contributed by atoms with van der Waals surface area (Å²) >= 11 is 0. The number of rotatable bonds is 1. The Morgan fingerprint density at radius 2 is 2.11 bits per heavy atom. The van der Waals surface area contributed by atoms with Crippen molar-refractivity contribution in [1.29, 1.82) is 0 Å². The highest BCUT2D eigenvalue weighted by atomic mass is 16.7. The maximum absolute atomic E-state index is 11.1. The molecule has 2 fully saturated rings. The minimum absolute atomic E-state index is 0.195. The van der Waals surface area contributed by atoms with Gasteiger partial charge in [0.25, 0.3) is 0 Å². The normalized spacial score (nSPS) is 43.1. The Labute approximate surface area is 107 Å². The van der Waals surface area contributed by atoms with Crippen molar-refractivity contribution in [3.05, 3.63) is 0 Å². The molecular weight excluding hydrogens is 238 g/mol. The Hall–Kier alpha value is -0.690. The van der Waals surface area contributed by atoms with E-state index in [1.165, 1.54) is 6.92 Å². The second-order valence-corrected chi connectivity index (χ2v) is 5.39. The Morgan fingerprint density at radius 3 is 2.72 bits per heavy atom. The molecule has 2 N–H and O–H groups in total. The van der Waals surface area contributed by atoms with Crippen molar-refractivity contribution in [3.8, 4) is 0 Å². The first kappa shape index (κ1) is 13.7. The zero-order valence-electron chi connectivity index (χ0n) is 11.2. The molecule has 0 aromatic heterocycles. The van der Waals surface area contributed by atoms with Crippen LogP contribution in [-0.4, -0.2) is 53.9 Å². The number of carbonyl (C=O) groups is 1. The van der Waals surface area contributed by atoms with Crippen molar-refractivity contribution in [3.63, 3.8) is 0 Å². The van der Waals surface area contributed by atoms with E-state index in [1.807, 2.05) is 6.92 Å². The van der Waals surface area contributed by atoms with Gasteiger partial charge in [-0.05, 0) is 20.8 Å². The Bertz CT molecular complexity index is 332. The van der Waals surface area contributed by atoms with Crippen molar-refractivity contribution >= 4 is 5.91 Å². The van der Waals surface area contributed by atoms with Crippen LogP contribution in [0.3, 0.4) is 0 Å². The largest absolute Gasteiger partial charge is 0.388 e. The molecule has 6 nitrogen and oxygen atoms in total. The van der Waals surface area contributed by atoms with Crippen LogP contribution in [0.4, 0.5) is 0 Å². The third-order valence-corrected chi connectivity index (χ3v) is 3.35. The highest BCUT2D eigenvalue weighted by Gasteiger charge is 2.49. The zero-order chi connectivity index (χ0) is 13.5. The average molecular weight is 259 g/mol. The maximum Gasteiger partial charge on any atom is 0.217 e. The average Bonchev–Trinajstić information content (AvgIpc) is 2.25. The number of amides is 1. The lowest BCUT2D eigenvalue weighted by atomic mass is 9.92. The van der Waals surface area contributed by atoms with E-state index >= 15 is 0 Å². The van der Waals surface area contributed by atoms with Crippen LogP contribution in [-0.2, 0) is 19.0 Å². The van der Waals surface area contributed by atoms with Crippen molar-refractivity contribution in [1.82, 2.24) is 5.32 Å². The maximum atomic E-state index is 11.1. The molecule has 2 rings (SSSR count). The van der Waals surface area contributed by atoms with Crippen LogP contribution in [0.25, 0.3) is 0 Å². The van der Waals surface area contributed by atoms with Crippen LogP contribution >= 0.6 is 0 Å². The third-order valence-electron chi connectivity index (χ3n) is 3.35. The second-order valence-electron chi connectivity index (χ2n) is 5.39. The Kier molecular flexibility index (Phi) is 3.64. The lowest BCUT2D eigenvalue weighted by molar-refractivity contribution is -0.346. The van der Waals surface area contributed by atoms with Crippen molar-refractivity contribution < 1.29 is 24.1 Å². The summed E-state index contributed by atoms with van der Waals surface area (Å²) in [4.78, 5) is 11.1. The molecule has 0 aliphatic carbocycles. The number of hydrogen-bond acceptors (Lipinski definition) is 5. The number of nitrogens with one attached hydrogen (secondary N) is 1. The van der Waals surface area contributed by atoms with E-state index in [0.717, 1.165) is 0 Å². The van der Waals surface area contributed by atoms with E-state index in [0.29, 0.717) is 6.61 Å². The fourth-order valence-electron chi connectivity index (χ4n) is 2.50. The molecule has 0 spiro atoms. The molecule has 0 radical (unpaired) electrons. The summed E-state index contributed by atoms with van der Waals surface area (Å²) in [5, 5.41) is 13.0. The lowest BCUT2D eigenvalue weighted by Gasteiger charge is -2.49. The first-order chi connectivity index (χ1) is 8.30. The van der Waals surface area contributed by atoms with Crippen LogP contribution in [0.1, 0.15) is 27.7 Å². The lowest BCUT2D eigenvalue weighted by Crippen LogP contribution is -2.67. The quantitative estimate of drug-likeness (QED) is 0.681. The standard InChI is InChI=1S/C12H21NO5/c1-6-9(13-7(2)14)10(15)11-8(17-6)5-16-12(3,4)18-11/h6,8-11,15H,5H2,1-4H3,(H,13,14)/t6-,8?,9?,10+,11-/m0/s1. The van der Waals surface area contributed by atoms with Crippen molar-refractivity contribution in [2.45, 2.75) is 63.9 Å². The van der Waals surface area contributed by atoms with Gasteiger partial charge in [0.2, 0.25) is 5.91 Å². The second kappa shape index (κ2) is 4.77. The van der Waals surface area contributed by atoms with Gasteiger partial charge < -0.3 is 24.6 Å². The van der Waals surface area contributed by atoms with E-state index in [4.69, 9.17) is 14.2 Å². The van der Waals surface area contributed by atoms with Crippen LogP contribution < -0.4 is 5.32 Å². The third kappa shape index (κ3) is 2.66. The fourth-order valence-corrected chi connectivity index (χ4v) is 2.50. The summed E-state index contributed by atoms with van der Waals surface area (Å²) in [7, 11) is 0. The molecule has 0 bridgehead atoms. The molecule has 18 heavy (non-hydrogen) atoms. The van der Waals surface area contributed by atoms with Crippen LogP contribution in [0.5, 0.6) is 0 Å². The van der Waals surface area contributed by atoms with E-state index in [1.54, 1.807) is 13.8 Å². The summed E-state index contributed by atoms with van der Waals surface area (Å²) in [5.41, 5.74) is 0. The van der Waals surface area contributed by atoms with E-state index in [-0.39, 0.29) is 18.1 Å². The summed E-state index contributed by atoms with van der Waals surface area (Å²) in [6, 6.07) is -0.461. The Morgan fingerprint density at radius 1 is 1.44 bits per heavy atom. The molecule has 0 aromatic carbocycles. The van der Waals surface area contributed by atoms with Gasteiger partial charge in [0.15, 0.2) is 5.79 Å². The first-order valence-corrected chi connectivity index (χ1v) is 6.22. The van der Waals surface area contributed by atoms with Gasteiger partial charge in [0, 0.05) is 6.92 Å². The molecule has 2 unspecified atom stereocenters. The van der Waals surface area contributed by atoms with Gasteiger partial charge in [-0.25, -0.2) is 0 Å². The van der Waals surface area contributed by atoms with Gasteiger partial charge in [-0.15, -0.1) is 0 Å². The van der Waals surface area contributed by atoms with Crippen LogP contribution in [0.15, 0.2) is 0 Å². The summed E-state index contributed by atoms with van der Waals surface area (Å²) < 4.78 is 16.9.